The summed E-state index contributed by atoms with van der Waals surface area (Å²) in [5.41, 5.74) is 8.40. The van der Waals surface area contributed by atoms with Gasteiger partial charge in [-0.25, -0.2) is 4.68 Å². The van der Waals surface area contributed by atoms with E-state index in [1.807, 2.05) is 67.6 Å². The molecule has 30 heavy (non-hydrogen) atoms. The molecule has 8 heteroatoms. The van der Waals surface area contributed by atoms with Crippen LogP contribution in [0.1, 0.15) is 26.5 Å². The molecule has 8 nitrogen and oxygen atoms in total. The maximum atomic E-state index is 12.9. The van der Waals surface area contributed by atoms with Crippen LogP contribution in [0, 0.1) is 6.92 Å². The monoisotopic (exact) mass is 400 g/mol. The summed E-state index contributed by atoms with van der Waals surface area (Å²) in [6, 6.07) is 20.6. The number of aryl methyl sites for hydroxylation is 2. The molecule has 2 N–H and O–H groups in total. The van der Waals surface area contributed by atoms with Crippen LogP contribution in [0.25, 0.3) is 16.9 Å². The fourth-order valence-electron chi connectivity index (χ4n) is 2.98. The fourth-order valence-corrected chi connectivity index (χ4v) is 2.98. The van der Waals surface area contributed by atoms with E-state index in [1.54, 1.807) is 28.7 Å². The first kappa shape index (κ1) is 19.1. The molecule has 4 rings (SSSR count). The Hall–Kier alpha value is -4.20. The maximum absolute atomic E-state index is 12.9. The summed E-state index contributed by atoms with van der Waals surface area (Å²) in [5.74, 6) is -0.971. The Balaban J connectivity index is 1.61. The van der Waals surface area contributed by atoms with Crippen LogP contribution in [-0.4, -0.2) is 31.4 Å². The highest BCUT2D eigenvalue weighted by Gasteiger charge is 2.20. The van der Waals surface area contributed by atoms with Crippen LogP contribution in [0.15, 0.2) is 72.9 Å². The van der Waals surface area contributed by atoms with Crippen molar-refractivity contribution in [3.05, 3.63) is 89.9 Å². The number of aromatic nitrogens is 4. The van der Waals surface area contributed by atoms with E-state index in [0.717, 1.165) is 16.9 Å². The second-order valence-electron chi connectivity index (χ2n) is 6.74. The topological polar surface area (TPSA) is 93.8 Å². The highest BCUT2D eigenvalue weighted by molar-refractivity contribution is 6.02. The first-order chi connectivity index (χ1) is 14.5. The first-order valence-electron chi connectivity index (χ1n) is 9.35. The van der Waals surface area contributed by atoms with Gasteiger partial charge in [0.15, 0.2) is 5.69 Å². The Morgan fingerprint density at radius 3 is 2.13 bits per heavy atom. The Bertz CT molecular complexity index is 1180. The average molecular weight is 400 g/mol. The number of nitrogens with zero attached hydrogens (tertiary/aromatic N) is 4. The Morgan fingerprint density at radius 1 is 0.867 bits per heavy atom. The minimum Gasteiger partial charge on any atom is -0.272 e. The third kappa shape index (κ3) is 3.83. The van der Waals surface area contributed by atoms with Crippen LogP contribution >= 0.6 is 0 Å². The van der Waals surface area contributed by atoms with Crippen molar-refractivity contribution in [1.82, 2.24) is 30.4 Å². The molecule has 0 saturated heterocycles. The molecule has 0 aliphatic heterocycles. The largest absolute Gasteiger partial charge is 0.290 e. The van der Waals surface area contributed by atoms with E-state index in [9.17, 15) is 9.59 Å². The second-order valence-corrected chi connectivity index (χ2v) is 6.74. The van der Waals surface area contributed by atoms with Crippen molar-refractivity contribution in [2.24, 2.45) is 7.05 Å². The SMILES string of the molecule is Cc1cc(C(=O)NNC(=O)c2cn(-c3ccccc3)nc2-c2ccccc2)nn1C. The predicted molar refractivity (Wildman–Crippen MR) is 112 cm³/mol. The fraction of sp³-hybridized carbons (Fsp3) is 0.0909. The van der Waals surface area contributed by atoms with Gasteiger partial charge < -0.3 is 0 Å². The van der Waals surface area contributed by atoms with Crippen LogP contribution in [0.5, 0.6) is 0 Å². The summed E-state index contributed by atoms with van der Waals surface area (Å²) in [4.78, 5) is 25.2. The van der Waals surface area contributed by atoms with Gasteiger partial charge in [-0.2, -0.15) is 10.2 Å². The number of hydrazine groups is 1. The zero-order valence-corrected chi connectivity index (χ0v) is 16.5. The number of para-hydroxylation sites is 1. The molecule has 0 unspecified atom stereocenters. The number of hydrogen-bond acceptors (Lipinski definition) is 4. The Labute approximate surface area is 173 Å². The van der Waals surface area contributed by atoms with Crippen LogP contribution in [0.2, 0.25) is 0 Å². The van der Waals surface area contributed by atoms with Crippen LogP contribution in [0.3, 0.4) is 0 Å². The van der Waals surface area contributed by atoms with Crippen molar-refractivity contribution >= 4 is 11.8 Å². The molecule has 4 aromatic rings. The van der Waals surface area contributed by atoms with Crippen LogP contribution < -0.4 is 10.9 Å². The van der Waals surface area contributed by atoms with E-state index < -0.39 is 11.8 Å². The number of carbonyl (C=O) groups is 2. The molecule has 0 radical (unpaired) electrons. The molecule has 2 aromatic carbocycles. The minimum absolute atomic E-state index is 0.221. The van der Waals surface area contributed by atoms with Crippen molar-refractivity contribution in [1.29, 1.82) is 0 Å². The van der Waals surface area contributed by atoms with Crippen LogP contribution in [0.4, 0.5) is 0 Å². The van der Waals surface area contributed by atoms with E-state index in [-0.39, 0.29) is 5.69 Å². The molecule has 0 saturated carbocycles. The summed E-state index contributed by atoms with van der Waals surface area (Å²) in [6.45, 7) is 1.84. The van der Waals surface area contributed by atoms with Gasteiger partial charge in [0.25, 0.3) is 11.8 Å². The smallest absolute Gasteiger partial charge is 0.272 e. The number of hydrogen-bond donors (Lipinski definition) is 2. The predicted octanol–water partition coefficient (Wildman–Crippen LogP) is 2.66. The third-order valence-electron chi connectivity index (χ3n) is 4.66. The molecular weight excluding hydrogens is 380 g/mol. The number of amides is 2. The van der Waals surface area contributed by atoms with Gasteiger partial charge in [0.2, 0.25) is 0 Å². The zero-order valence-electron chi connectivity index (χ0n) is 16.5. The van der Waals surface area contributed by atoms with Gasteiger partial charge in [0, 0.05) is 24.5 Å². The summed E-state index contributed by atoms with van der Waals surface area (Å²) in [6.07, 6.45) is 1.64. The third-order valence-corrected chi connectivity index (χ3v) is 4.66. The molecule has 2 aromatic heterocycles. The summed E-state index contributed by atoms with van der Waals surface area (Å²) in [5, 5.41) is 8.71. The Morgan fingerprint density at radius 2 is 1.50 bits per heavy atom. The lowest BCUT2D eigenvalue weighted by molar-refractivity contribution is 0.0844. The highest BCUT2D eigenvalue weighted by Crippen LogP contribution is 2.23. The number of carbonyl (C=O) groups excluding carboxylic acids is 2. The summed E-state index contributed by atoms with van der Waals surface area (Å²) in [7, 11) is 1.74. The average Bonchev–Trinajstić information content (AvgIpc) is 3.37. The lowest BCUT2D eigenvalue weighted by Gasteiger charge is -2.06. The summed E-state index contributed by atoms with van der Waals surface area (Å²) < 4.78 is 3.23. The normalized spacial score (nSPS) is 10.6. The zero-order chi connectivity index (χ0) is 21.1. The molecule has 0 bridgehead atoms. The molecule has 2 heterocycles. The van der Waals surface area contributed by atoms with E-state index in [1.165, 1.54) is 0 Å². The van der Waals surface area contributed by atoms with Gasteiger partial charge in [-0.05, 0) is 25.1 Å². The number of benzene rings is 2. The summed E-state index contributed by atoms with van der Waals surface area (Å²) >= 11 is 0. The molecule has 0 atom stereocenters. The van der Waals surface area contributed by atoms with E-state index >= 15 is 0 Å². The van der Waals surface area contributed by atoms with Gasteiger partial charge in [-0.15, -0.1) is 0 Å². The first-order valence-corrected chi connectivity index (χ1v) is 9.35. The molecule has 2 amide bonds. The lowest BCUT2D eigenvalue weighted by atomic mass is 10.1. The van der Waals surface area contributed by atoms with Crippen molar-refractivity contribution in [2.45, 2.75) is 6.92 Å². The van der Waals surface area contributed by atoms with Crippen molar-refractivity contribution < 1.29 is 9.59 Å². The van der Waals surface area contributed by atoms with Crippen molar-refractivity contribution in [3.63, 3.8) is 0 Å². The standard InChI is InChI=1S/C22H20N6O2/c1-15-13-19(25-27(15)2)22(30)24-23-21(29)18-14-28(17-11-7-4-8-12-17)26-20(18)16-9-5-3-6-10-16/h3-14H,1-2H3,(H,23,29)(H,24,30). The Kier molecular flexibility index (Phi) is 5.13. The maximum Gasteiger partial charge on any atom is 0.290 e. The quantitative estimate of drug-likeness (QED) is 0.515. The van der Waals surface area contributed by atoms with Gasteiger partial charge in [-0.1, -0.05) is 48.5 Å². The molecule has 0 aliphatic rings. The van der Waals surface area contributed by atoms with E-state index in [2.05, 4.69) is 21.0 Å². The lowest BCUT2D eigenvalue weighted by Crippen LogP contribution is -2.41. The van der Waals surface area contributed by atoms with Crippen LogP contribution in [-0.2, 0) is 7.05 Å². The number of rotatable bonds is 4. The highest BCUT2D eigenvalue weighted by atomic mass is 16.2. The van der Waals surface area contributed by atoms with Gasteiger partial charge in [0.05, 0.1) is 11.3 Å². The second kappa shape index (κ2) is 8.04. The molecule has 0 spiro atoms. The van der Waals surface area contributed by atoms with E-state index in [4.69, 9.17) is 0 Å². The number of nitrogens with one attached hydrogen (secondary N) is 2. The van der Waals surface area contributed by atoms with Gasteiger partial charge >= 0.3 is 0 Å². The van der Waals surface area contributed by atoms with E-state index in [0.29, 0.717) is 11.3 Å². The van der Waals surface area contributed by atoms with Crippen molar-refractivity contribution in [2.75, 3.05) is 0 Å². The minimum atomic E-state index is -0.497. The molecule has 0 aliphatic carbocycles. The van der Waals surface area contributed by atoms with Crippen molar-refractivity contribution in [3.8, 4) is 16.9 Å². The molecular formula is C22H20N6O2. The van der Waals surface area contributed by atoms with Gasteiger partial charge in [-0.3, -0.25) is 25.1 Å². The van der Waals surface area contributed by atoms with Gasteiger partial charge in [0.1, 0.15) is 5.69 Å². The molecule has 150 valence electrons. The molecule has 0 fully saturated rings.